The van der Waals surface area contributed by atoms with E-state index in [0.717, 1.165) is 29.2 Å². The third kappa shape index (κ3) is 2.93. The van der Waals surface area contributed by atoms with Gasteiger partial charge in [-0.05, 0) is 42.7 Å². The third-order valence-corrected chi connectivity index (χ3v) is 3.43. The first kappa shape index (κ1) is 13.6. The van der Waals surface area contributed by atoms with Crippen molar-refractivity contribution >= 4 is 11.5 Å². The van der Waals surface area contributed by atoms with Gasteiger partial charge < -0.3 is 10.0 Å². The van der Waals surface area contributed by atoms with Crippen LogP contribution in [0.5, 0.6) is 0 Å². The Kier molecular flexibility index (Phi) is 4.17. The van der Waals surface area contributed by atoms with Gasteiger partial charge in [-0.25, -0.2) is 4.98 Å². The molecule has 0 amide bonds. The van der Waals surface area contributed by atoms with E-state index in [0.29, 0.717) is 0 Å². The zero-order valence-electron chi connectivity index (χ0n) is 11.7. The van der Waals surface area contributed by atoms with Crippen LogP contribution in [-0.4, -0.2) is 17.1 Å². The van der Waals surface area contributed by atoms with Gasteiger partial charge in [-0.3, -0.25) is 0 Å². The maximum Gasteiger partial charge on any atom is 0.132 e. The molecule has 0 unspecified atom stereocenters. The summed E-state index contributed by atoms with van der Waals surface area (Å²) in [7, 11) is 2.00. The van der Waals surface area contributed by atoms with Crippen LogP contribution in [0.25, 0.3) is 0 Å². The molecule has 0 radical (unpaired) electrons. The van der Waals surface area contributed by atoms with Gasteiger partial charge in [-0.1, -0.05) is 25.1 Å². The van der Waals surface area contributed by atoms with Crippen molar-refractivity contribution in [1.82, 2.24) is 4.98 Å². The topological polar surface area (TPSA) is 36.4 Å². The first-order valence-corrected chi connectivity index (χ1v) is 6.55. The smallest absolute Gasteiger partial charge is 0.132 e. The summed E-state index contributed by atoms with van der Waals surface area (Å²) in [5.41, 5.74) is 4.19. The molecule has 1 heterocycles. The summed E-state index contributed by atoms with van der Waals surface area (Å²) in [4.78, 5) is 6.58. The van der Waals surface area contributed by atoms with Gasteiger partial charge in [-0.15, -0.1) is 0 Å². The van der Waals surface area contributed by atoms with E-state index in [4.69, 9.17) is 5.11 Å². The van der Waals surface area contributed by atoms with E-state index in [-0.39, 0.29) is 6.61 Å². The van der Waals surface area contributed by atoms with E-state index < -0.39 is 0 Å². The molecule has 19 heavy (non-hydrogen) atoms. The van der Waals surface area contributed by atoms with Crippen molar-refractivity contribution in [3.8, 4) is 0 Å². The fourth-order valence-electron chi connectivity index (χ4n) is 2.02. The SMILES string of the molecule is CCc1ccc(N(C)c2ccc(CO)c(C)n2)cc1. The Morgan fingerprint density at radius 1 is 1.11 bits per heavy atom. The van der Waals surface area contributed by atoms with Crippen molar-refractivity contribution in [2.24, 2.45) is 0 Å². The molecule has 2 rings (SSSR count). The number of hydrogen-bond donors (Lipinski definition) is 1. The molecule has 100 valence electrons. The molecule has 0 saturated carbocycles. The van der Waals surface area contributed by atoms with Gasteiger partial charge in [0.1, 0.15) is 5.82 Å². The molecule has 3 nitrogen and oxygen atoms in total. The Morgan fingerprint density at radius 2 is 1.79 bits per heavy atom. The molecule has 3 heteroatoms. The van der Waals surface area contributed by atoms with Gasteiger partial charge >= 0.3 is 0 Å². The van der Waals surface area contributed by atoms with Crippen molar-refractivity contribution < 1.29 is 5.11 Å². The lowest BCUT2D eigenvalue weighted by Crippen LogP contribution is -2.12. The predicted molar refractivity (Wildman–Crippen MR) is 78.8 cm³/mol. The Bertz CT molecular complexity index is 549. The minimum absolute atomic E-state index is 0.0357. The second-order valence-corrected chi connectivity index (χ2v) is 4.65. The van der Waals surface area contributed by atoms with Gasteiger partial charge in [0.25, 0.3) is 0 Å². The summed E-state index contributed by atoms with van der Waals surface area (Å²) in [5, 5.41) is 9.17. The lowest BCUT2D eigenvalue weighted by Gasteiger charge is -2.19. The lowest BCUT2D eigenvalue weighted by molar-refractivity contribution is 0.280. The van der Waals surface area contributed by atoms with Gasteiger partial charge in [0.05, 0.1) is 6.61 Å². The number of pyridine rings is 1. The molecular formula is C16H20N2O. The van der Waals surface area contributed by atoms with Crippen LogP contribution in [0.1, 0.15) is 23.7 Å². The second-order valence-electron chi connectivity index (χ2n) is 4.65. The standard InChI is InChI=1S/C16H20N2O/c1-4-13-5-8-15(9-6-13)18(3)16-10-7-14(11-19)12(2)17-16/h5-10,19H,4,11H2,1-3H3. The first-order valence-electron chi connectivity index (χ1n) is 6.55. The van der Waals surface area contributed by atoms with Crippen molar-refractivity contribution in [3.63, 3.8) is 0 Å². The van der Waals surface area contributed by atoms with E-state index in [9.17, 15) is 0 Å². The van der Waals surface area contributed by atoms with Gasteiger partial charge in [-0.2, -0.15) is 0 Å². The number of anilines is 2. The van der Waals surface area contributed by atoms with Crippen LogP contribution in [-0.2, 0) is 13.0 Å². The highest BCUT2D eigenvalue weighted by Crippen LogP contribution is 2.23. The molecule has 1 N–H and O–H groups in total. The zero-order valence-corrected chi connectivity index (χ0v) is 11.7. The Hall–Kier alpha value is -1.87. The van der Waals surface area contributed by atoms with Gasteiger partial charge in [0, 0.05) is 18.4 Å². The molecular weight excluding hydrogens is 236 g/mol. The van der Waals surface area contributed by atoms with Crippen LogP contribution < -0.4 is 4.90 Å². The normalized spacial score (nSPS) is 10.5. The zero-order chi connectivity index (χ0) is 13.8. The number of rotatable bonds is 4. The number of aryl methyl sites for hydroxylation is 2. The summed E-state index contributed by atoms with van der Waals surface area (Å²) < 4.78 is 0. The molecule has 1 aromatic heterocycles. The van der Waals surface area contributed by atoms with E-state index in [1.165, 1.54) is 5.56 Å². The molecule has 1 aromatic carbocycles. The fourth-order valence-corrected chi connectivity index (χ4v) is 2.02. The third-order valence-electron chi connectivity index (χ3n) is 3.43. The molecule has 0 fully saturated rings. The molecule has 0 aliphatic heterocycles. The van der Waals surface area contributed by atoms with Crippen molar-refractivity contribution in [1.29, 1.82) is 0 Å². The van der Waals surface area contributed by atoms with Crippen molar-refractivity contribution in [2.45, 2.75) is 26.9 Å². The van der Waals surface area contributed by atoms with Crippen LogP contribution in [0.3, 0.4) is 0 Å². The number of nitrogens with zero attached hydrogens (tertiary/aromatic N) is 2. The summed E-state index contributed by atoms with van der Waals surface area (Å²) in [5.74, 6) is 0.888. The van der Waals surface area contributed by atoms with Crippen LogP contribution in [0.2, 0.25) is 0 Å². The largest absolute Gasteiger partial charge is 0.392 e. The maximum absolute atomic E-state index is 9.17. The summed E-state index contributed by atoms with van der Waals surface area (Å²) in [6.45, 7) is 4.11. The fraction of sp³-hybridized carbons (Fsp3) is 0.312. The second kappa shape index (κ2) is 5.85. The van der Waals surface area contributed by atoms with E-state index >= 15 is 0 Å². The minimum atomic E-state index is 0.0357. The molecule has 2 aromatic rings. The Morgan fingerprint density at radius 3 is 2.32 bits per heavy atom. The Labute approximate surface area is 114 Å². The average Bonchev–Trinajstić information content (AvgIpc) is 2.46. The van der Waals surface area contributed by atoms with E-state index in [2.05, 4.69) is 36.2 Å². The predicted octanol–water partition coefficient (Wildman–Crippen LogP) is 3.21. The maximum atomic E-state index is 9.17. The molecule has 0 spiro atoms. The molecule has 0 aliphatic rings. The molecule has 0 bridgehead atoms. The highest BCUT2D eigenvalue weighted by Gasteiger charge is 2.07. The van der Waals surface area contributed by atoms with Crippen LogP contribution in [0.15, 0.2) is 36.4 Å². The average molecular weight is 256 g/mol. The highest BCUT2D eigenvalue weighted by atomic mass is 16.3. The quantitative estimate of drug-likeness (QED) is 0.912. The molecule has 0 atom stereocenters. The van der Waals surface area contributed by atoms with Crippen molar-refractivity contribution in [2.75, 3.05) is 11.9 Å². The van der Waals surface area contributed by atoms with Crippen LogP contribution in [0.4, 0.5) is 11.5 Å². The number of hydrogen-bond acceptors (Lipinski definition) is 3. The van der Waals surface area contributed by atoms with Crippen LogP contribution in [0, 0.1) is 6.92 Å². The monoisotopic (exact) mass is 256 g/mol. The summed E-state index contributed by atoms with van der Waals surface area (Å²) in [6, 6.07) is 12.4. The van der Waals surface area contributed by atoms with Crippen LogP contribution >= 0.6 is 0 Å². The highest BCUT2D eigenvalue weighted by molar-refractivity contribution is 5.59. The first-order chi connectivity index (χ1) is 9.15. The Balaban J connectivity index is 2.27. The van der Waals surface area contributed by atoms with E-state index in [1.807, 2.05) is 31.0 Å². The molecule has 0 saturated heterocycles. The molecule has 0 aliphatic carbocycles. The number of aromatic nitrogens is 1. The van der Waals surface area contributed by atoms with Gasteiger partial charge in [0.15, 0.2) is 0 Å². The number of aliphatic hydroxyl groups is 1. The summed E-state index contributed by atoms with van der Waals surface area (Å²) >= 11 is 0. The summed E-state index contributed by atoms with van der Waals surface area (Å²) in [6.07, 6.45) is 1.05. The lowest BCUT2D eigenvalue weighted by atomic mass is 10.1. The van der Waals surface area contributed by atoms with Gasteiger partial charge in [0.2, 0.25) is 0 Å². The minimum Gasteiger partial charge on any atom is -0.392 e. The number of aliphatic hydroxyl groups excluding tert-OH is 1. The number of benzene rings is 1. The van der Waals surface area contributed by atoms with E-state index in [1.54, 1.807) is 0 Å². The van der Waals surface area contributed by atoms with Crippen molar-refractivity contribution in [3.05, 3.63) is 53.2 Å².